The second-order valence-electron chi connectivity index (χ2n) is 5.03. The SMILES string of the molecule is CC(=O)N1c2ccccc2COC1c1cccc([N+](=O)[O-])c1. The molecule has 1 aliphatic heterocycles. The first-order chi connectivity index (χ1) is 10.6. The zero-order valence-electron chi connectivity index (χ0n) is 11.9. The number of anilines is 1. The van der Waals surface area contributed by atoms with E-state index < -0.39 is 11.2 Å². The van der Waals surface area contributed by atoms with Crippen molar-refractivity contribution < 1.29 is 14.5 Å². The standard InChI is InChI=1S/C16H14N2O4/c1-11(19)17-15-8-3-2-5-13(15)10-22-16(17)12-6-4-7-14(9-12)18(20)21/h2-9,16H,10H2,1H3. The summed E-state index contributed by atoms with van der Waals surface area (Å²) in [4.78, 5) is 24.1. The van der Waals surface area contributed by atoms with Gasteiger partial charge in [-0.3, -0.25) is 19.8 Å². The van der Waals surface area contributed by atoms with Crippen molar-refractivity contribution in [3.05, 3.63) is 69.8 Å². The van der Waals surface area contributed by atoms with Crippen molar-refractivity contribution in [1.82, 2.24) is 0 Å². The average Bonchev–Trinajstić information content (AvgIpc) is 2.53. The summed E-state index contributed by atoms with van der Waals surface area (Å²) in [6.07, 6.45) is -0.660. The minimum absolute atomic E-state index is 0.0246. The largest absolute Gasteiger partial charge is 0.349 e. The van der Waals surface area contributed by atoms with Crippen LogP contribution in [0.3, 0.4) is 0 Å². The van der Waals surface area contributed by atoms with E-state index in [2.05, 4.69) is 0 Å². The average molecular weight is 298 g/mol. The van der Waals surface area contributed by atoms with E-state index in [-0.39, 0.29) is 11.6 Å². The predicted molar refractivity (Wildman–Crippen MR) is 80.2 cm³/mol. The van der Waals surface area contributed by atoms with Gasteiger partial charge in [0.05, 0.1) is 17.2 Å². The maximum absolute atomic E-state index is 12.1. The van der Waals surface area contributed by atoms with Gasteiger partial charge in [0.1, 0.15) is 0 Å². The smallest absolute Gasteiger partial charge is 0.269 e. The summed E-state index contributed by atoms with van der Waals surface area (Å²) in [5.74, 6) is -0.177. The highest BCUT2D eigenvalue weighted by atomic mass is 16.6. The molecular weight excluding hydrogens is 284 g/mol. The maximum Gasteiger partial charge on any atom is 0.269 e. The quantitative estimate of drug-likeness (QED) is 0.630. The normalized spacial score (nSPS) is 17.0. The Bertz CT molecular complexity index is 744. The van der Waals surface area contributed by atoms with E-state index in [1.807, 2.05) is 24.3 Å². The molecule has 1 amide bonds. The van der Waals surface area contributed by atoms with Gasteiger partial charge < -0.3 is 4.74 Å². The van der Waals surface area contributed by atoms with Crippen molar-refractivity contribution in [2.45, 2.75) is 19.8 Å². The molecule has 0 radical (unpaired) electrons. The molecule has 0 bridgehead atoms. The summed E-state index contributed by atoms with van der Waals surface area (Å²) in [6.45, 7) is 1.81. The molecule has 6 heteroatoms. The van der Waals surface area contributed by atoms with Crippen molar-refractivity contribution in [1.29, 1.82) is 0 Å². The molecule has 1 unspecified atom stereocenters. The Morgan fingerprint density at radius 1 is 1.27 bits per heavy atom. The van der Waals surface area contributed by atoms with Gasteiger partial charge in [0.25, 0.3) is 5.69 Å². The third-order valence-electron chi connectivity index (χ3n) is 3.59. The summed E-state index contributed by atoms with van der Waals surface area (Å²) in [5, 5.41) is 10.9. The monoisotopic (exact) mass is 298 g/mol. The molecule has 1 aliphatic rings. The number of carbonyl (C=O) groups is 1. The summed E-state index contributed by atoms with van der Waals surface area (Å²) < 4.78 is 5.78. The number of para-hydroxylation sites is 1. The number of nitrogens with zero attached hydrogens (tertiary/aromatic N) is 2. The first kappa shape index (κ1) is 14.2. The molecule has 2 aromatic rings. The number of amides is 1. The lowest BCUT2D eigenvalue weighted by molar-refractivity contribution is -0.385. The van der Waals surface area contributed by atoms with E-state index >= 15 is 0 Å². The van der Waals surface area contributed by atoms with Crippen LogP contribution in [0.4, 0.5) is 11.4 Å². The summed E-state index contributed by atoms with van der Waals surface area (Å²) >= 11 is 0. The third kappa shape index (κ3) is 2.44. The first-order valence-electron chi connectivity index (χ1n) is 6.81. The number of hydrogen-bond donors (Lipinski definition) is 0. The van der Waals surface area contributed by atoms with Gasteiger partial charge in [-0.15, -0.1) is 0 Å². The van der Waals surface area contributed by atoms with Crippen LogP contribution in [0.1, 0.15) is 24.3 Å². The lowest BCUT2D eigenvalue weighted by Crippen LogP contribution is -2.38. The molecule has 0 saturated carbocycles. The van der Waals surface area contributed by atoms with Crippen LogP contribution in [0.2, 0.25) is 0 Å². The Hall–Kier alpha value is -2.73. The van der Waals surface area contributed by atoms with E-state index in [9.17, 15) is 14.9 Å². The maximum atomic E-state index is 12.1. The molecule has 0 N–H and O–H groups in total. The Morgan fingerprint density at radius 2 is 2.05 bits per heavy atom. The summed E-state index contributed by atoms with van der Waals surface area (Å²) in [7, 11) is 0. The van der Waals surface area contributed by atoms with E-state index in [0.717, 1.165) is 11.3 Å². The molecule has 0 saturated heterocycles. The number of ether oxygens (including phenoxy) is 1. The fourth-order valence-electron chi connectivity index (χ4n) is 2.61. The minimum atomic E-state index is -0.660. The van der Waals surface area contributed by atoms with E-state index in [0.29, 0.717) is 12.2 Å². The van der Waals surface area contributed by atoms with Crippen LogP contribution in [0, 0.1) is 10.1 Å². The number of fused-ring (bicyclic) bond motifs is 1. The second-order valence-corrected chi connectivity index (χ2v) is 5.03. The van der Waals surface area contributed by atoms with E-state index in [4.69, 9.17) is 4.74 Å². The summed E-state index contributed by atoms with van der Waals surface area (Å²) in [5.41, 5.74) is 2.25. The van der Waals surface area contributed by atoms with Crippen molar-refractivity contribution in [3.8, 4) is 0 Å². The number of rotatable bonds is 2. The van der Waals surface area contributed by atoms with Crippen molar-refractivity contribution in [2.24, 2.45) is 0 Å². The number of non-ortho nitro benzene ring substituents is 1. The van der Waals surface area contributed by atoms with Gasteiger partial charge in [0.15, 0.2) is 6.23 Å². The van der Waals surface area contributed by atoms with Gasteiger partial charge >= 0.3 is 0 Å². The zero-order chi connectivity index (χ0) is 15.7. The van der Waals surface area contributed by atoms with E-state index in [1.54, 1.807) is 12.1 Å². The third-order valence-corrected chi connectivity index (χ3v) is 3.59. The molecule has 2 aromatic carbocycles. The van der Waals surface area contributed by atoms with Crippen LogP contribution < -0.4 is 4.90 Å². The Balaban J connectivity index is 2.06. The van der Waals surface area contributed by atoms with Crippen molar-refractivity contribution in [3.63, 3.8) is 0 Å². The zero-order valence-corrected chi connectivity index (χ0v) is 11.9. The lowest BCUT2D eigenvalue weighted by Gasteiger charge is -2.36. The molecule has 112 valence electrons. The molecule has 1 heterocycles. The number of nitro benzene ring substituents is 1. The van der Waals surface area contributed by atoms with Gasteiger partial charge in [-0.05, 0) is 6.07 Å². The van der Waals surface area contributed by atoms with Crippen molar-refractivity contribution in [2.75, 3.05) is 4.90 Å². The van der Waals surface area contributed by atoms with Crippen LogP contribution in [0.5, 0.6) is 0 Å². The highest BCUT2D eigenvalue weighted by Gasteiger charge is 2.31. The molecule has 0 aliphatic carbocycles. The van der Waals surface area contributed by atoms with Crippen LogP contribution in [0.25, 0.3) is 0 Å². The van der Waals surface area contributed by atoms with E-state index in [1.165, 1.54) is 24.0 Å². The number of carbonyl (C=O) groups excluding carboxylic acids is 1. The lowest BCUT2D eigenvalue weighted by atomic mass is 10.1. The topological polar surface area (TPSA) is 72.7 Å². The highest BCUT2D eigenvalue weighted by Crippen LogP contribution is 2.37. The fourth-order valence-corrected chi connectivity index (χ4v) is 2.61. The summed E-state index contributed by atoms with van der Waals surface area (Å²) in [6, 6.07) is 13.7. The Kier molecular flexibility index (Phi) is 3.60. The highest BCUT2D eigenvalue weighted by molar-refractivity contribution is 5.93. The van der Waals surface area contributed by atoms with Crippen molar-refractivity contribution >= 4 is 17.3 Å². The van der Waals surface area contributed by atoms with Gasteiger partial charge in [0, 0.05) is 30.2 Å². The molecule has 22 heavy (non-hydrogen) atoms. The first-order valence-corrected chi connectivity index (χ1v) is 6.81. The molecule has 3 rings (SSSR count). The van der Waals surface area contributed by atoms with Gasteiger partial charge in [0.2, 0.25) is 5.91 Å². The number of nitro groups is 1. The van der Waals surface area contributed by atoms with Crippen LogP contribution in [-0.2, 0) is 16.1 Å². The van der Waals surface area contributed by atoms with Gasteiger partial charge in [-0.25, -0.2) is 0 Å². The number of benzene rings is 2. The molecule has 6 nitrogen and oxygen atoms in total. The minimum Gasteiger partial charge on any atom is -0.349 e. The fraction of sp³-hybridized carbons (Fsp3) is 0.188. The molecule has 0 fully saturated rings. The van der Waals surface area contributed by atoms with Crippen LogP contribution >= 0.6 is 0 Å². The number of hydrogen-bond acceptors (Lipinski definition) is 4. The Labute approximate surface area is 127 Å². The predicted octanol–water partition coefficient (Wildman–Crippen LogP) is 3.18. The molecule has 0 aromatic heterocycles. The van der Waals surface area contributed by atoms with Crippen LogP contribution in [0.15, 0.2) is 48.5 Å². The second kappa shape index (κ2) is 5.57. The van der Waals surface area contributed by atoms with Gasteiger partial charge in [-0.2, -0.15) is 0 Å². The molecule has 0 spiro atoms. The van der Waals surface area contributed by atoms with Crippen LogP contribution in [-0.4, -0.2) is 10.8 Å². The molecule has 1 atom stereocenters. The molecular formula is C16H14N2O4. The van der Waals surface area contributed by atoms with Gasteiger partial charge in [-0.1, -0.05) is 30.3 Å². The Morgan fingerprint density at radius 3 is 2.77 bits per heavy atom.